The molecule has 194 valence electrons. The molecule has 1 aromatic heterocycles. The third-order valence-electron chi connectivity index (χ3n) is 6.91. The van der Waals surface area contributed by atoms with Gasteiger partial charge in [-0.25, -0.2) is 4.39 Å². The van der Waals surface area contributed by atoms with Gasteiger partial charge in [-0.05, 0) is 73.1 Å². The summed E-state index contributed by atoms with van der Waals surface area (Å²) < 4.78 is 15.3. The summed E-state index contributed by atoms with van der Waals surface area (Å²) in [6.07, 6.45) is 3.77. The molecule has 0 unspecified atom stereocenters. The van der Waals surface area contributed by atoms with E-state index >= 15 is 4.39 Å². The zero-order valence-electron chi connectivity index (χ0n) is 22.3. The Morgan fingerprint density at radius 3 is 1.95 bits per heavy atom. The number of anilines is 1. The molecule has 0 radical (unpaired) electrons. The molecule has 1 amide bonds. The number of amides is 1. The lowest BCUT2D eigenvalue weighted by Gasteiger charge is -2.21. The minimum Gasteiger partial charge on any atom is -0.321 e. The van der Waals surface area contributed by atoms with E-state index in [4.69, 9.17) is 11.6 Å². The topological polar surface area (TPSA) is 42.0 Å². The molecule has 0 fully saturated rings. The van der Waals surface area contributed by atoms with Gasteiger partial charge in [0.2, 0.25) is 0 Å². The number of halogens is 2. The van der Waals surface area contributed by atoms with Crippen LogP contribution in [0.3, 0.4) is 0 Å². The number of hydrogen-bond acceptors (Lipinski definition) is 2. The van der Waals surface area contributed by atoms with Gasteiger partial charge in [-0.1, -0.05) is 80.1 Å². The van der Waals surface area contributed by atoms with Crippen LogP contribution in [-0.4, -0.2) is 10.9 Å². The van der Waals surface area contributed by atoms with Gasteiger partial charge in [0.05, 0.1) is 22.0 Å². The monoisotopic (exact) mass is 526 g/mol. The molecule has 0 saturated carbocycles. The molecule has 0 spiro atoms. The molecule has 0 aliphatic carbocycles. The van der Waals surface area contributed by atoms with E-state index < -0.39 is 0 Å². The first-order valence-corrected chi connectivity index (χ1v) is 13.3. The normalized spacial score (nSPS) is 10.9. The number of aryl methyl sites for hydroxylation is 4. The molecule has 0 aliphatic heterocycles. The fourth-order valence-electron chi connectivity index (χ4n) is 5.01. The predicted octanol–water partition coefficient (Wildman–Crippen LogP) is 8.93. The highest BCUT2D eigenvalue weighted by atomic mass is 35.5. The van der Waals surface area contributed by atoms with Crippen LogP contribution in [0.15, 0.2) is 73.3 Å². The Labute approximate surface area is 229 Å². The van der Waals surface area contributed by atoms with Crippen molar-refractivity contribution in [1.82, 2.24) is 4.98 Å². The summed E-state index contributed by atoms with van der Waals surface area (Å²) in [5.74, 6) is -0.758. The fraction of sp³-hybridized carbons (Fsp3) is 0.212. The number of nitrogens with one attached hydrogen (secondary N) is 1. The Morgan fingerprint density at radius 1 is 0.921 bits per heavy atom. The van der Waals surface area contributed by atoms with Gasteiger partial charge < -0.3 is 5.32 Å². The van der Waals surface area contributed by atoms with Gasteiger partial charge in [0.1, 0.15) is 5.82 Å². The van der Waals surface area contributed by atoms with Crippen LogP contribution in [-0.2, 0) is 19.3 Å². The van der Waals surface area contributed by atoms with Crippen molar-refractivity contribution < 1.29 is 9.18 Å². The first-order chi connectivity index (χ1) is 18.3. The largest absolute Gasteiger partial charge is 0.321 e. The Morgan fingerprint density at radius 2 is 1.45 bits per heavy atom. The Bertz CT molecular complexity index is 1460. The maximum absolute atomic E-state index is 15.3. The van der Waals surface area contributed by atoms with Gasteiger partial charge in [0, 0.05) is 16.8 Å². The van der Waals surface area contributed by atoms with Gasteiger partial charge in [-0.3, -0.25) is 9.78 Å². The summed E-state index contributed by atoms with van der Waals surface area (Å²) in [6, 6.07) is 18.8. The SMILES string of the molecule is C=CCc1c(C)nc(C)c(C(=O)Nc2c(-c3ccccc3CC)cc(F)cc2-c2ccccc2CC)c1Cl. The van der Waals surface area contributed by atoms with E-state index in [0.717, 1.165) is 46.4 Å². The van der Waals surface area contributed by atoms with Crippen molar-refractivity contribution in [2.45, 2.75) is 47.0 Å². The number of pyridine rings is 1. The lowest BCUT2D eigenvalue weighted by Crippen LogP contribution is -2.18. The van der Waals surface area contributed by atoms with E-state index in [0.29, 0.717) is 39.5 Å². The van der Waals surface area contributed by atoms with Gasteiger partial charge in [0.25, 0.3) is 5.91 Å². The van der Waals surface area contributed by atoms with Crippen molar-refractivity contribution in [3.63, 3.8) is 0 Å². The molecule has 0 aliphatic rings. The van der Waals surface area contributed by atoms with Crippen molar-refractivity contribution in [2.75, 3.05) is 5.32 Å². The standard InChI is InChI=1S/C33H32ClFN2O/c1-6-13-25-20(4)36-21(5)30(31(25)34)33(38)37-32-28(26-16-11-9-14-22(26)7-2)18-24(35)19-29(32)27-17-12-10-15-23(27)8-3/h6,9-12,14-19H,1,7-8,13H2,2-5H3,(H,37,38). The Hall–Kier alpha value is -3.76. The number of allylic oxidation sites excluding steroid dienone is 1. The van der Waals surface area contributed by atoms with Crippen LogP contribution in [0.4, 0.5) is 10.1 Å². The second-order valence-electron chi connectivity index (χ2n) is 9.29. The molecule has 38 heavy (non-hydrogen) atoms. The van der Waals surface area contributed by atoms with Crippen molar-refractivity contribution >= 4 is 23.2 Å². The Kier molecular flexibility index (Phi) is 8.43. The number of rotatable bonds is 8. The number of carbonyl (C=O) groups is 1. The average molecular weight is 527 g/mol. The fourth-order valence-corrected chi connectivity index (χ4v) is 5.45. The van der Waals surface area contributed by atoms with Crippen molar-refractivity contribution in [1.29, 1.82) is 0 Å². The van der Waals surface area contributed by atoms with Gasteiger partial charge in [0.15, 0.2) is 0 Å². The highest BCUT2D eigenvalue weighted by Crippen LogP contribution is 2.41. The summed E-state index contributed by atoms with van der Waals surface area (Å²) in [5, 5.41) is 3.50. The van der Waals surface area contributed by atoms with Crippen LogP contribution in [0.2, 0.25) is 5.02 Å². The first kappa shape index (κ1) is 27.3. The molecule has 1 N–H and O–H groups in total. The van der Waals surface area contributed by atoms with E-state index in [1.165, 1.54) is 12.1 Å². The summed E-state index contributed by atoms with van der Waals surface area (Å²) in [6.45, 7) is 11.6. The second-order valence-corrected chi connectivity index (χ2v) is 9.67. The zero-order chi connectivity index (χ0) is 27.4. The zero-order valence-corrected chi connectivity index (χ0v) is 23.0. The molecule has 4 rings (SSSR count). The smallest absolute Gasteiger partial charge is 0.259 e. The highest BCUT2D eigenvalue weighted by molar-refractivity contribution is 6.35. The van der Waals surface area contributed by atoms with Crippen molar-refractivity contribution in [3.8, 4) is 22.3 Å². The van der Waals surface area contributed by atoms with Crippen molar-refractivity contribution in [3.05, 3.63) is 118 Å². The van der Waals surface area contributed by atoms with E-state index in [1.54, 1.807) is 13.0 Å². The van der Waals surface area contributed by atoms with E-state index in [1.807, 2.05) is 55.5 Å². The molecule has 4 aromatic rings. The summed E-state index contributed by atoms with van der Waals surface area (Å²) >= 11 is 6.78. The van der Waals surface area contributed by atoms with Gasteiger partial charge >= 0.3 is 0 Å². The van der Waals surface area contributed by atoms with Crippen LogP contribution >= 0.6 is 11.6 Å². The quantitative estimate of drug-likeness (QED) is 0.233. The molecule has 5 heteroatoms. The van der Waals surface area contributed by atoms with Crippen LogP contribution in [0, 0.1) is 19.7 Å². The number of carbonyl (C=O) groups excluding carboxylic acids is 1. The van der Waals surface area contributed by atoms with Gasteiger partial charge in [-0.15, -0.1) is 6.58 Å². The minimum absolute atomic E-state index is 0.308. The maximum atomic E-state index is 15.3. The third-order valence-corrected chi connectivity index (χ3v) is 7.33. The molecular formula is C33H32ClFN2O. The van der Waals surface area contributed by atoms with E-state index in [2.05, 4.69) is 30.7 Å². The maximum Gasteiger partial charge on any atom is 0.259 e. The van der Waals surface area contributed by atoms with E-state index in [9.17, 15) is 4.79 Å². The number of aromatic nitrogens is 1. The first-order valence-electron chi connectivity index (χ1n) is 12.9. The minimum atomic E-state index is -0.387. The molecular weight excluding hydrogens is 495 g/mol. The molecule has 0 bridgehead atoms. The van der Waals surface area contributed by atoms with Crippen LogP contribution in [0.5, 0.6) is 0 Å². The third kappa shape index (κ3) is 5.27. The van der Waals surface area contributed by atoms with Gasteiger partial charge in [-0.2, -0.15) is 0 Å². The molecule has 0 atom stereocenters. The average Bonchev–Trinajstić information content (AvgIpc) is 2.91. The van der Waals surface area contributed by atoms with Crippen LogP contribution < -0.4 is 5.32 Å². The highest BCUT2D eigenvalue weighted by Gasteiger charge is 2.24. The van der Waals surface area contributed by atoms with Crippen LogP contribution in [0.25, 0.3) is 22.3 Å². The summed E-state index contributed by atoms with van der Waals surface area (Å²) in [7, 11) is 0. The Balaban J connectivity index is 1.99. The molecule has 3 aromatic carbocycles. The van der Waals surface area contributed by atoms with Crippen molar-refractivity contribution in [2.24, 2.45) is 0 Å². The molecule has 1 heterocycles. The molecule has 0 saturated heterocycles. The molecule has 3 nitrogen and oxygen atoms in total. The van der Waals surface area contributed by atoms with E-state index in [-0.39, 0.29) is 11.7 Å². The lowest BCUT2D eigenvalue weighted by atomic mass is 9.90. The predicted molar refractivity (Wildman–Crippen MR) is 157 cm³/mol. The second kappa shape index (κ2) is 11.7. The summed E-state index contributed by atoms with van der Waals surface area (Å²) in [4.78, 5) is 18.5. The van der Waals surface area contributed by atoms with Crippen LogP contribution in [0.1, 0.15) is 52.3 Å². The number of benzene rings is 3. The lowest BCUT2D eigenvalue weighted by molar-refractivity contribution is 0.102. The number of hydrogen-bond donors (Lipinski definition) is 1. The summed E-state index contributed by atoms with van der Waals surface area (Å²) in [5.41, 5.74) is 8.02. The number of nitrogens with zero attached hydrogens (tertiary/aromatic N) is 1.